The molecule has 5 atom stereocenters. The van der Waals surface area contributed by atoms with Gasteiger partial charge in [0.05, 0.1) is 12.1 Å². The summed E-state index contributed by atoms with van der Waals surface area (Å²) in [6.45, 7) is -0.535. The molecule has 0 amide bonds. The summed E-state index contributed by atoms with van der Waals surface area (Å²) in [6.07, 6.45) is -4.52. The lowest BCUT2D eigenvalue weighted by Gasteiger charge is -2.40. The number of halogens is 2. The molecule has 4 rings (SSSR count). The SMILES string of the molecule is OC[C@H]1O[C@@H](n2cc(Cc3ccc(Cl)cc3)c3c(F)cccc32)[C@H](O)[C@@H](O)[C@@H]1O. The average Bonchev–Trinajstić information content (AvgIpc) is 3.08. The van der Waals surface area contributed by atoms with Crippen LogP contribution in [0.2, 0.25) is 5.02 Å². The van der Waals surface area contributed by atoms with E-state index in [9.17, 15) is 24.8 Å². The average molecular weight is 422 g/mol. The maximum Gasteiger partial charge on any atom is 0.163 e. The zero-order chi connectivity index (χ0) is 20.7. The van der Waals surface area contributed by atoms with E-state index < -0.39 is 43.1 Å². The van der Waals surface area contributed by atoms with Gasteiger partial charge in [0.1, 0.15) is 30.2 Å². The third-order valence-corrected chi connectivity index (χ3v) is 5.59. The molecule has 1 saturated heterocycles. The van der Waals surface area contributed by atoms with Crippen LogP contribution in [0.5, 0.6) is 0 Å². The number of ether oxygens (including phenoxy) is 1. The molecular formula is C21H21ClFNO5. The Hall–Kier alpha value is -2.00. The van der Waals surface area contributed by atoms with Gasteiger partial charge in [-0.15, -0.1) is 0 Å². The zero-order valence-electron chi connectivity index (χ0n) is 15.3. The molecule has 0 aliphatic carbocycles. The van der Waals surface area contributed by atoms with E-state index in [0.29, 0.717) is 27.9 Å². The zero-order valence-corrected chi connectivity index (χ0v) is 16.1. The van der Waals surface area contributed by atoms with Crippen LogP contribution < -0.4 is 0 Å². The van der Waals surface area contributed by atoms with Crippen LogP contribution in [0, 0.1) is 5.82 Å². The maximum atomic E-state index is 14.7. The number of benzene rings is 2. The molecule has 0 spiro atoms. The van der Waals surface area contributed by atoms with Crippen molar-refractivity contribution in [1.82, 2.24) is 4.57 Å². The van der Waals surface area contributed by atoms with E-state index in [0.717, 1.165) is 5.56 Å². The van der Waals surface area contributed by atoms with Crippen molar-refractivity contribution < 1.29 is 29.6 Å². The predicted octanol–water partition coefficient (Wildman–Crippen LogP) is 2.00. The van der Waals surface area contributed by atoms with Gasteiger partial charge in [0.15, 0.2) is 6.23 Å². The highest BCUT2D eigenvalue weighted by Crippen LogP contribution is 2.35. The van der Waals surface area contributed by atoms with E-state index in [4.69, 9.17) is 16.3 Å². The fourth-order valence-corrected chi connectivity index (χ4v) is 3.95. The van der Waals surface area contributed by atoms with E-state index in [1.54, 1.807) is 30.5 Å². The number of aliphatic hydroxyl groups is 4. The minimum atomic E-state index is -1.52. The molecule has 8 heteroatoms. The molecule has 0 saturated carbocycles. The van der Waals surface area contributed by atoms with Gasteiger partial charge in [0.2, 0.25) is 0 Å². The lowest BCUT2D eigenvalue weighted by Crippen LogP contribution is -2.56. The van der Waals surface area contributed by atoms with Crippen molar-refractivity contribution in [2.45, 2.75) is 37.1 Å². The second-order valence-corrected chi connectivity index (χ2v) is 7.65. The first-order valence-electron chi connectivity index (χ1n) is 9.23. The van der Waals surface area contributed by atoms with Gasteiger partial charge in [-0.1, -0.05) is 29.8 Å². The van der Waals surface area contributed by atoms with E-state index in [1.807, 2.05) is 12.1 Å². The third-order valence-electron chi connectivity index (χ3n) is 5.33. The van der Waals surface area contributed by atoms with Crippen molar-refractivity contribution in [2.75, 3.05) is 6.61 Å². The summed E-state index contributed by atoms with van der Waals surface area (Å²) >= 11 is 5.94. The molecular weight excluding hydrogens is 401 g/mol. The van der Waals surface area contributed by atoms with Crippen LogP contribution in [0.4, 0.5) is 4.39 Å². The van der Waals surface area contributed by atoms with E-state index >= 15 is 0 Å². The monoisotopic (exact) mass is 421 g/mol. The second kappa shape index (κ2) is 8.02. The molecule has 1 aliphatic heterocycles. The van der Waals surface area contributed by atoms with Crippen LogP contribution in [-0.2, 0) is 11.2 Å². The van der Waals surface area contributed by atoms with Gasteiger partial charge >= 0.3 is 0 Å². The quantitative estimate of drug-likeness (QED) is 0.517. The first kappa shape index (κ1) is 20.3. The molecule has 1 fully saturated rings. The summed E-state index contributed by atoms with van der Waals surface area (Å²) < 4.78 is 21.9. The third kappa shape index (κ3) is 3.66. The van der Waals surface area contributed by atoms with Gasteiger partial charge in [-0.3, -0.25) is 0 Å². The van der Waals surface area contributed by atoms with Gasteiger partial charge in [-0.25, -0.2) is 4.39 Å². The lowest BCUT2D eigenvalue weighted by molar-refractivity contribution is -0.250. The van der Waals surface area contributed by atoms with E-state index in [1.165, 1.54) is 10.6 Å². The minimum absolute atomic E-state index is 0.374. The van der Waals surface area contributed by atoms with Crippen LogP contribution >= 0.6 is 11.6 Å². The Kier molecular flexibility index (Phi) is 5.61. The van der Waals surface area contributed by atoms with Gasteiger partial charge < -0.3 is 29.7 Å². The molecule has 0 bridgehead atoms. The Morgan fingerprint density at radius 3 is 2.41 bits per heavy atom. The highest BCUT2D eigenvalue weighted by atomic mass is 35.5. The summed E-state index contributed by atoms with van der Waals surface area (Å²) in [6, 6.07) is 11.8. The molecule has 29 heavy (non-hydrogen) atoms. The second-order valence-electron chi connectivity index (χ2n) is 7.22. The smallest absolute Gasteiger partial charge is 0.163 e. The lowest BCUT2D eigenvalue weighted by atomic mass is 9.98. The number of aromatic nitrogens is 1. The highest BCUT2D eigenvalue weighted by Gasteiger charge is 2.44. The minimum Gasteiger partial charge on any atom is -0.394 e. The maximum absolute atomic E-state index is 14.7. The number of rotatable bonds is 4. The number of fused-ring (bicyclic) bond motifs is 1. The summed E-state index contributed by atoms with van der Waals surface area (Å²) in [5, 5.41) is 41.1. The number of nitrogens with zero attached hydrogens (tertiary/aromatic N) is 1. The molecule has 154 valence electrons. The van der Waals surface area contributed by atoms with Gasteiger partial charge in [-0.2, -0.15) is 0 Å². The summed E-state index contributed by atoms with van der Waals surface area (Å²) in [4.78, 5) is 0. The topological polar surface area (TPSA) is 95.1 Å². The van der Waals surface area contributed by atoms with Gasteiger partial charge in [0, 0.05) is 16.6 Å². The molecule has 6 nitrogen and oxygen atoms in total. The standard InChI is InChI=1S/C21H21ClFNO5/c22-13-6-4-11(5-7-13)8-12-9-24(15-3-1-2-14(23)17(12)15)21-20(28)19(27)18(26)16(10-25)29-21/h1-7,9,16,18-21,25-28H,8,10H2/t16-,18-,19+,20-,21-/m1/s1. The van der Waals surface area contributed by atoms with Crippen LogP contribution in [-0.4, -0.2) is 56.0 Å². The number of hydrogen-bond donors (Lipinski definition) is 4. The molecule has 1 aromatic heterocycles. The Morgan fingerprint density at radius 2 is 1.72 bits per heavy atom. The largest absolute Gasteiger partial charge is 0.394 e. The molecule has 4 N–H and O–H groups in total. The molecule has 2 heterocycles. The molecule has 2 aromatic carbocycles. The number of hydrogen-bond acceptors (Lipinski definition) is 5. The van der Waals surface area contributed by atoms with E-state index in [2.05, 4.69) is 0 Å². The normalized spacial score (nSPS) is 27.4. The van der Waals surface area contributed by atoms with Gasteiger partial charge in [0.25, 0.3) is 0 Å². The van der Waals surface area contributed by atoms with Crippen molar-refractivity contribution in [1.29, 1.82) is 0 Å². The molecule has 3 aromatic rings. The van der Waals surface area contributed by atoms with Crippen molar-refractivity contribution in [3.63, 3.8) is 0 Å². The Labute approximate surface area is 171 Å². The van der Waals surface area contributed by atoms with Crippen molar-refractivity contribution in [3.05, 3.63) is 70.6 Å². The first-order valence-corrected chi connectivity index (χ1v) is 9.61. The summed E-state index contributed by atoms with van der Waals surface area (Å²) in [7, 11) is 0. The van der Waals surface area contributed by atoms with Crippen LogP contribution in [0.25, 0.3) is 10.9 Å². The number of aliphatic hydroxyl groups excluding tert-OH is 4. The summed E-state index contributed by atoms with van der Waals surface area (Å²) in [5.74, 6) is -0.421. The predicted molar refractivity (Wildman–Crippen MR) is 105 cm³/mol. The highest BCUT2D eigenvalue weighted by molar-refractivity contribution is 6.30. The van der Waals surface area contributed by atoms with Crippen molar-refractivity contribution in [3.8, 4) is 0 Å². The van der Waals surface area contributed by atoms with Crippen molar-refractivity contribution >= 4 is 22.5 Å². The molecule has 0 radical (unpaired) electrons. The van der Waals surface area contributed by atoms with Crippen LogP contribution in [0.1, 0.15) is 17.4 Å². The summed E-state index contributed by atoms with van der Waals surface area (Å²) in [5.41, 5.74) is 2.06. The molecule has 0 unspecified atom stereocenters. The Bertz CT molecular complexity index is 1010. The first-order chi connectivity index (χ1) is 13.9. The fraction of sp³-hybridized carbons (Fsp3) is 0.333. The van der Waals surface area contributed by atoms with Crippen LogP contribution in [0.3, 0.4) is 0 Å². The Morgan fingerprint density at radius 1 is 1.00 bits per heavy atom. The Balaban J connectivity index is 1.79. The van der Waals surface area contributed by atoms with Crippen molar-refractivity contribution in [2.24, 2.45) is 0 Å². The van der Waals surface area contributed by atoms with E-state index in [-0.39, 0.29) is 0 Å². The fourth-order valence-electron chi connectivity index (χ4n) is 3.83. The van der Waals surface area contributed by atoms with Gasteiger partial charge in [-0.05, 0) is 41.8 Å². The molecule has 1 aliphatic rings. The van der Waals surface area contributed by atoms with Crippen LogP contribution in [0.15, 0.2) is 48.7 Å².